The Hall–Kier alpha value is -5.48. The lowest BCUT2D eigenvalue weighted by Gasteiger charge is -2.07. The first-order valence-corrected chi connectivity index (χ1v) is 11.6. The number of nitriles is 1. The Morgan fingerprint density at radius 1 is 0.973 bits per heavy atom. The molecule has 0 spiro atoms. The zero-order valence-corrected chi connectivity index (χ0v) is 19.5. The SMILES string of the molecule is N#C/C(=C\c1cn(-c2ccccc2)nc1-c1cc2ccccc2o1)C(=O)Nc1cccc2ncccc12. The summed E-state index contributed by atoms with van der Waals surface area (Å²) in [5, 5.41) is 19.2. The molecule has 0 unspecified atom stereocenters. The molecule has 0 aliphatic rings. The monoisotopic (exact) mass is 481 g/mol. The lowest BCUT2D eigenvalue weighted by atomic mass is 10.1. The van der Waals surface area contributed by atoms with Crippen LogP contribution in [-0.2, 0) is 4.79 Å². The van der Waals surface area contributed by atoms with Crippen molar-refractivity contribution in [3.05, 3.63) is 115 Å². The van der Waals surface area contributed by atoms with Crippen LogP contribution in [-0.4, -0.2) is 20.7 Å². The van der Waals surface area contributed by atoms with Crippen molar-refractivity contribution in [3.8, 4) is 23.2 Å². The molecule has 3 heterocycles. The summed E-state index contributed by atoms with van der Waals surface area (Å²) in [6.07, 6.45) is 5.01. The lowest BCUT2D eigenvalue weighted by molar-refractivity contribution is -0.112. The topological polar surface area (TPSA) is 96.7 Å². The van der Waals surface area contributed by atoms with Crippen LogP contribution in [0.3, 0.4) is 0 Å². The number of aromatic nitrogens is 3. The second-order valence-electron chi connectivity index (χ2n) is 8.36. The highest BCUT2D eigenvalue weighted by atomic mass is 16.3. The van der Waals surface area contributed by atoms with E-state index in [1.54, 1.807) is 29.2 Å². The highest BCUT2D eigenvalue weighted by Gasteiger charge is 2.18. The van der Waals surface area contributed by atoms with Crippen molar-refractivity contribution in [1.82, 2.24) is 14.8 Å². The molecule has 3 aromatic carbocycles. The molecule has 0 fully saturated rings. The van der Waals surface area contributed by atoms with Gasteiger partial charge in [0, 0.05) is 28.7 Å². The molecule has 6 aromatic rings. The van der Waals surface area contributed by atoms with Crippen molar-refractivity contribution in [2.45, 2.75) is 0 Å². The van der Waals surface area contributed by atoms with Gasteiger partial charge in [0.05, 0.1) is 16.9 Å². The van der Waals surface area contributed by atoms with Crippen LogP contribution in [0.1, 0.15) is 5.56 Å². The van der Waals surface area contributed by atoms with Crippen molar-refractivity contribution in [2.75, 3.05) is 5.32 Å². The second-order valence-corrected chi connectivity index (χ2v) is 8.36. The smallest absolute Gasteiger partial charge is 0.266 e. The van der Waals surface area contributed by atoms with E-state index in [1.807, 2.05) is 84.9 Å². The van der Waals surface area contributed by atoms with Gasteiger partial charge in [0.15, 0.2) is 5.76 Å². The Morgan fingerprint density at radius 2 is 1.81 bits per heavy atom. The van der Waals surface area contributed by atoms with Gasteiger partial charge in [-0.1, -0.05) is 42.5 Å². The van der Waals surface area contributed by atoms with Crippen molar-refractivity contribution < 1.29 is 9.21 Å². The molecule has 0 aliphatic carbocycles. The van der Waals surface area contributed by atoms with Gasteiger partial charge < -0.3 is 9.73 Å². The number of pyridine rings is 1. The fraction of sp³-hybridized carbons (Fsp3) is 0. The Balaban J connectivity index is 1.42. The average Bonchev–Trinajstić information content (AvgIpc) is 3.56. The molecule has 1 N–H and O–H groups in total. The van der Waals surface area contributed by atoms with Gasteiger partial charge in [-0.3, -0.25) is 9.78 Å². The van der Waals surface area contributed by atoms with E-state index in [0.717, 1.165) is 27.6 Å². The van der Waals surface area contributed by atoms with Crippen LogP contribution in [0.25, 0.3) is 45.1 Å². The molecule has 37 heavy (non-hydrogen) atoms. The maximum atomic E-state index is 13.2. The summed E-state index contributed by atoms with van der Waals surface area (Å²) in [6.45, 7) is 0. The molecule has 0 radical (unpaired) electrons. The van der Waals surface area contributed by atoms with Gasteiger partial charge in [-0.15, -0.1) is 0 Å². The first-order chi connectivity index (χ1) is 18.2. The summed E-state index contributed by atoms with van der Waals surface area (Å²) in [5.74, 6) is 0.0156. The molecule has 1 amide bonds. The average molecular weight is 482 g/mol. The quantitative estimate of drug-likeness (QED) is 0.228. The van der Waals surface area contributed by atoms with E-state index >= 15 is 0 Å². The molecule has 7 heteroatoms. The van der Waals surface area contributed by atoms with Crippen LogP contribution in [0.2, 0.25) is 0 Å². The zero-order valence-electron chi connectivity index (χ0n) is 19.5. The number of furan rings is 1. The Labute approximate surface area is 211 Å². The largest absolute Gasteiger partial charge is 0.454 e. The summed E-state index contributed by atoms with van der Waals surface area (Å²) in [5.41, 5.74) is 3.93. The normalized spacial score (nSPS) is 11.5. The minimum Gasteiger partial charge on any atom is -0.454 e. The van der Waals surface area contributed by atoms with Gasteiger partial charge in [-0.05, 0) is 54.6 Å². The summed E-state index contributed by atoms with van der Waals surface area (Å²) >= 11 is 0. The van der Waals surface area contributed by atoms with E-state index in [9.17, 15) is 10.1 Å². The third-order valence-corrected chi connectivity index (χ3v) is 5.98. The number of hydrogen-bond donors (Lipinski definition) is 1. The number of fused-ring (bicyclic) bond motifs is 2. The van der Waals surface area contributed by atoms with Crippen LogP contribution in [0.4, 0.5) is 5.69 Å². The number of nitrogens with one attached hydrogen (secondary N) is 1. The first kappa shape index (κ1) is 22.0. The highest BCUT2D eigenvalue weighted by Crippen LogP contribution is 2.31. The van der Waals surface area contributed by atoms with E-state index in [1.165, 1.54) is 6.08 Å². The first-order valence-electron chi connectivity index (χ1n) is 11.6. The van der Waals surface area contributed by atoms with E-state index < -0.39 is 5.91 Å². The number of para-hydroxylation sites is 2. The number of rotatable bonds is 5. The maximum Gasteiger partial charge on any atom is 0.266 e. The van der Waals surface area contributed by atoms with Gasteiger partial charge in [-0.25, -0.2) is 4.68 Å². The molecule has 0 saturated heterocycles. The lowest BCUT2D eigenvalue weighted by Crippen LogP contribution is -2.13. The molecular weight excluding hydrogens is 462 g/mol. The second kappa shape index (κ2) is 9.29. The van der Waals surface area contributed by atoms with Crippen LogP contribution < -0.4 is 5.32 Å². The highest BCUT2D eigenvalue weighted by molar-refractivity contribution is 6.12. The zero-order chi connectivity index (χ0) is 25.2. The van der Waals surface area contributed by atoms with Gasteiger partial charge in [0.2, 0.25) is 0 Å². The third-order valence-electron chi connectivity index (χ3n) is 5.98. The van der Waals surface area contributed by atoms with E-state index in [2.05, 4.69) is 10.3 Å². The van der Waals surface area contributed by atoms with Crippen LogP contribution in [0.5, 0.6) is 0 Å². The molecule has 3 aromatic heterocycles. The number of nitrogens with zero attached hydrogens (tertiary/aromatic N) is 4. The Morgan fingerprint density at radius 3 is 2.65 bits per heavy atom. The summed E-state index contributed by atoms with van der Waals surface area (Å²) in [6, 6.07) is 30.4. The third kappa shape index (κ3) is 4.24. The number of hydrogen-bond acceptors (Lipinski definition) is 5. The van der Waals surface area contributed by atoms with Crippen molar-refractivity contribution in [1.29, 1.82) is 5.26 Å². The van der Waals surface area contributed by atoms with Crippen LogP contribution >= 0.6 is 0 Å². The number of amides is 1. The maximum absolute atomic E-state index is 13.2. The molecule has 6 rings (SSSR count). The minimum atomic E-state index is -0.526. The fourth-order valence-corrected chi connectivity index (χ4v) is 4.20. The Bertz CT molecular complexity index is 1800. The predicted octanol–water partition coefficient (Wildman–Crippen LogP) is 6.38. The molecule has 0 bridgehead atoms. The molecule has 0 aliphatic heterocycles. The van der Waals surface area contributed by atoms with E-state index in [-0.39, 0.29) is 5.57 Å². The molecular formula is C30H19N5O2. The van der Waals surface area contributed by atoms with Crippen LogP contribution in [0, 0.1) is 11.3 Å². The summed E-state index contributed by atoms with van der Waals surface area (Å²) in [7, 11) is 0. The standard InChI is InChI=1S/C30H19N5O2/c31-18-21(30(36)33-26-13-6-12-25-24(26)11-7-15-32-25)16-22-19-35(23-9-2-1-3-10-23)34-29(22)28-17-20-8-4-5-14-27(20)37-28/h1-17,19H,(H,33,36)/b21-16+. The molecule has 0 atom stereocenters. The summed E-state index contributed by atoms with van der Waals surface area (Å²) < 4.78 is 7.77. The van der Waals surface area contributed by atoms with Gasteiger partial charge in [0.25, 0.3) is 5.91 Å². The number of carbonyl (C=O) groups excluding carboxylic acids is 1. The van der Waals surface area contributed by atoms with Gasteiger partial charge in [0.1, 0.15) is 22.9 Å². The number of anilines is 1. The number of carbonyl (C=O) groups is 1. The molecule has 7 nitrogen and oxygen atoms in total. The summed E-state index contributed by atoms with van der Waals surface area (Å²) in [4.78, 5) is 17.5. The minimum absolute atomic E-state index is 0.0640. The van der Waals surface area contributed by atoms with Gasteiger partial charge >= 0.3 is 0 Å². The van der Waals surface area contributed by atoms with Crippen molar-refractivity contribution >= 4 is 39.5 Å². The van der Waals surface area contributed by atoms with E-state index in [4.69, 9.17) is 9.52 Å². The fourth-order valence-electron chi connectivity index (χ4n) is 4.20. The predicted molar refractivity (Wildman–Crippen MR) is 143 cm³/mol. The molecule has 0 saturated carbocycles. The Kier molecular flexibility index (Phi) is 5.52. The van der Waals surface area contributed by atoms with Crippen LogP contribution in [0.15, 0.2) is 113 Å². The molecule has 176 valence electrons. The van der Waals surface area contributed by atoms with Crippen molar-refractivity contribution in [2.24, 2.45) is 0 Å². The number of benzene rings is 3. The van der Waals surface area contributed by atoms with E-state index in [0.29, 0.717) is 22.7 Å². The van der Waals surface area contributed by atoms with Crippen molar-refractivity contribution in [3.63, 3.8) is 0 Å². The van der Waals surface area contributed by atoms with Gasteiger partial charge in [-0.2, -0.15) is 10.4 Å².